The molecule has 4 N–H and O–H groups in total. The number of carbonyl (C=O) groups excluding carboxylic acids is 5. The van der Waals surface area contributed by atoms with Crippen LogP contribution in [-0.4, -0.2) is 66.3 Å². The van der Waals surface area contributed by atoms with Crippen LogP contribution >= 0.6 is 0 Å². The highest BCUT2D eigenvalue weighted by Crippen LogP contribution is 2.32. The molecule has 13 nitrogen and oxygen atoms in total. The fourth-order valence-electron chi connectivity index (χ4n) is 5.20. The number of nitrogens with zero attached hydrogens (tertiary/aromatic N) is 2. The lowest BCUT2D eigenvalue weighted by Gasteiger charge is -2.30. The largest absolute Gasteiger partial charge is 0.482 e. The van der Waals surface area contributed by atoms with Crippen molar-refractivity contribution in [2.75, 3.05) is 24.6 Å². The number of fused-ring (bicyclic) bond motifs is 3. The van der Waals surface area contributed by atoms with Crippen LogP contribution in [0.25, 0.3) is 0 Å². The molecule has 3 atom stereocenters. The van der Waals surface area contributed by atoms with Gasteiger partial charge in [0.05, 0.1) is 5.69 Å². The van der Waals surface area contributed by atoms with Gasteiger partial charge in [0.25, 0.3) is 11.8 Å². The van der Waals surface area contributed by atoms with Crippen LogP contribution in [-0.2, 0) is 25.6 Å². The van der Waals surface area contributed by atoms with Crippen LogP contribution in [0.5, 0.6) is 5.75 Å². The van der Waals surface area contributed by atoms with Gasteiger partial charge in [-0.05, 0) is 56.4 Å². The van der Waals surface area contributed by atoms with Crippen LogP contribution in [0.2, 0.25) is 0 Å². The van der Waals surface area contributed by atoms with Gasteiger partial charge in [-0.3, -0.25) is 28.9 Å². The zero-order valence-corrected chi connectivity index (χ0v) is 25.1. The van der Waals surface area contributed by atoms with Gasteiger partial charge in [-0.25, -0.2) is 4.98 Å². The predicted molar refractivity (Wildman–Crippen MR) is 162 cm³/mol. The van der Waals surface area contributed by atoms with E-state index in [9.17, 15) is 24.0 Å². The van der Waals surface area contributed by atoms with E-state index in [2.05, 4.69) is 26.3 Å². The summed E-state index contributed by atoms with van der Waals surface area (Å²) in [5.74, 6) is -1.74. The van der Waals surface area contributed by atoms with Gasteiger partial charge in [-0.2, -0.15) is 0 Å². The molecule has 2 aliphatic rings. The van der Waals surface area contributed by atoms with E-state index in [1.807, 2.05) is 43.3 Å². The number of rotatable bonds is 5. The fraction of sp³-hybridized carbons (Fsp3) is 0.375. The highest BCUT2D eigenvalue weighted by atomic mass is 16.5. The van der Waals surface area contributed by atoms with Gasteiger partial charge in [0, 0.05) is 13.0 Å². The number of oxazole rings is 1. The van der Waals surface area contributed by atoms with E-state index in [-0.39, 0.29) is 49.4 Å². The zero-order chi connectivity index (χ0) is 31.9. The number of aromatic nitrogens is 1. The highest BCUT2D eigenvalue weighted by molar-refractivity contribution is 6.03. The van der Waals surface area contributed by atoms with Gasteiger partial charge in [0.15, 0.2) is 12.3 Å². The second-order valence-electron chi connectivity index (χ2n) is 11.2. The lowest BCUT2D eigenvalue weighted by Crippen LogP contribution is -2.52. The number of ether oxygens (including phenoxy) is 1. The third-order valence-corrected chi connectivity index (χ3v) is 7.62. The molecule has 0 saturated heterocycles. The van der Waals surface area contributed by atoms with Crippen LogP contribution in [0.3, 0.4) is 0 Å². The molecule has 0 spiro atoms. The summed E-state index contributed by atoms with van der Waals surface area (Å²) in [5.41, 5.74) is 2.22. The third kappa shape index (κ3) is 7.85. The Bertz CT molecular complexity index is 1570. The minimum absolute atomic E-state index is 0.0420. The number of hydrogen-bond acceptors (Lipinski definition) is 8. The summed E-state index contributed by atoms with van der Waals surface area (Å²) in [6.45, 7) is 3.32. The third-order valence-electron chi connectivity index (χ3n) is 7.62. The highest BCUT2D eigenvalue weighted by Gasteiger charge is 2.31. The van der Waals surface area contributed by atoms with E-state index in [0.29, 0.717) is 30.8 Å². The molecule has 0 radical (unpaired) electrons. The van der Waals surface area contributed by atoms with E-state index >= 15 is 0 Å². The molecule has 0 aliphatic carbocycles. The number of nitrogens with one attached hydrogen (secondary N) is 4. The van der Waals surface area contributed by atoms with Crippen LogP contribution < -0.4 is 30.9 Å². The molecule has 3 aromatic rings. The molecule has 45 heavy (non-hydrogen) atoms. The number of benzene rings is 2. The Morgan fingerprint density at radius 3 is 2.64 bits per heavy atom. The van der Waals surface area contributed by atoms with E-state index in [0.717, 1.165) is 11.1 Å². The first-order valence-electron chi connectivity index (χ1n) is 14.9. The average Bonchev–Trinajstić information content (AvgIpc) is 3.52. The molecular weight excluding hydrogens is 580 g/mol. The van der Waals surface area contributed by atoms with Crippen LogP contribution in [0.15, 0.2) is 59.2 Å². The van der Waals surface area contributed by atoms with Crippen molar-refractivity contribution in [1.29, 1.82) is 0 Å². The lowest BCUT2D eigenvalue weighted by atomic mass is 10.0. The quantitative estimate of drug-likeness (QED) is 0.336. The maximum Gasteiger partial charge on any atom is 0.273 e. The predicted octanol–water partition coefficient (Wildman–Crippen LogP) is 1.71. The molecule has 2 aromatic carbocycles. The molecule has 0 fully saturated rings. The summed E-state index contributed by atoms with van der Waals surface area (Å²) in [6, 6.07) is 12.2. The molecule has 5 rings (SSSR count). The summed E-state index contributed by atoms with van der Waals surface area (Å²) >= 11 is 0. The summed E-state index contributed by atoms with van der Waals surface area (Å²) in [4.78, 5) is 71.0. The molecular formula is C32H36N6O7. The van der Waals surface area contributed by atoms with E-state index in [1.165, 1.54) is 11.2 Å². The van der Waals surface area contributed by atoms with Crippen LogP contribution in [0.4, 0.5) is 5.69 Å². The first kappa shape index (κ1) is 31.2. The minimum Gasteiger partial charge on any atom is -0.482 e. The van der Waals surface area contributed by atoms with Gasteiger partial charge in [-0.1, -0.05) is 36.4 Å². The zero-order valence-electron chi connectivity index (χ0n) is 25.1. The molecule has 236 valence electrons. The van der Waals surface area contributed by atoms with E-state index < -0.39 is 35.8 Å². The first-order chi connectivity index (χ1) is 21.7. The average molecular weight is 617 g/mol. The number of carbonyl (C=O) groups is 5. The topological polar surface area (TPSA) is 172 Å². The Labute approximate surface area is 260 Å². The van der Waals surface area contributed by atoms with E-state index in [4.69, 9.17) is 9.15 Å². The Balaban J connectivity index is 1.30. The summed E-state index contributed by atoms with van der Waals surface area (Å²) < 4.78 is 11.0. The minimum atomic E-state index is -0.944. The maximum absolute atomic E-state index is 13.4. The van der Waals surface area contributed by atoms with Gasteiger partial charge in [0.2, 0.25) is 23.6 Å². The van der Waals surface area contributed by atoms with Crippen molar-refractivity contribution in [3.8, 4) is 5.75 Å². The monoisotopic (exact) mass is 616 g/mol. The Kier molecular flexibility index (Phi) is 9.76. The molecule has 0 saturated carbocycles. The summed E-state index contributed by atoms with van der Waals surface area (Å²) in [6.07, 6.45) is 2.72. The molecule has 2 aliphatic heterocycles. The van der Waals surface area contributed by atoms with Crippen molar-refractivity contribution >= 4 is 35.2 Å². The van der Waals surface area contributed by atoms with Crippen molar-refractivity contribution in [3.63, 3.8) is 0 Å². The first-order valence-corrected chi connectivity index (χ1v) is 14.9. The van der Waals surface area contributed by atoms with Crippen LogP contribution in [0, 0.1) is 6.92 Å². The Hall–Kier alpha value is -5.20. The lowest BCUT2D eigenvalue weighted by molar-refractivity contribution is -0.130. The summed E-state index contributed by atoms with van der Waals surface area (Å²) in [5, 5.41) is 11.2. The molecule has 2 bridgehead atoms. The second-order valence-corrected chi connectivity index (χ2v) is 11.2. The molecule has 13 heteroatoms. The van der Waals surface area contributed by atoms with Gasteiger partial charge in [-0.15, -0.1) is 0 Å². The number of aryl methyl sites for hydroxylation is 1. The number of amides is 5. The second kappa shape index (κ2) is 14.1. The molecule has 0 unspecified atom stereocenters. The van der Waals surface area contributed by atoms with Crippen molar-refractivity contribution in [2.24, 2.45) is 0 Å². The maximum atomic E-state index is 13.4. The van der Waals surface area contributed by atoms with Crippen molar-refractivity contribution in [3.05, 3.63) is 77.5 Å². The van der Waals surface area contributed by atoms with Crippen molar-refractivity contribution in [1.82, 2.24) is 26.3 Å². The number of anilines is 1. The van der Waals surface area contributed by atoms with Crippen LogP contribution in [0.1, 0.15) is 59.7 Å². The normalized spacial score (nSPS) is 21.1. The fourth-order valence-corrected chi connectivity index (χ4v) is 5.20. The van der Waals surface area contributed by atoms with Gasteiger partial charge < -0.3 is 30.4 Å². The summed E-state index contributed by atoms with van der Waals surface area (Å²) in [7, 11) is 0. The SMILES string of the molecule is Cc1ccc2c(c1)N(CC(=O)N[C@H]1CCCCNC(=O)[C@H](Cc3ccccc3)NC(=O)c3coc(n3)[C@H](C)NC1=O)C(=O)CO2. The van der Waals surface area contributed by atoms with Gasteiger partial charge in [0.1, 0.15) is 36.7 Å². The Morgan fingerprint density at radius 2 is 1.84 bits per heavy atom. The smallest absolute Gasteiger partial charge is 0.273 e. The standard InChI is InChI=1S/C32H36N6O7/c1-19-11-12-26-25(14-19)38(28(40)18-44-26)16-27(39)35-22-10-6-7-13-33-29(41)23(15-21-8-4-3-5-9-21)36-31(43)24-17-45-32(37-24)20(2)34-30(22)42/h3-5,8-9,11-12,14,17,20,22-23H,6-7,10,13,15-16,18H2,1-2H3,(H,33,41)(H,34,42)(H,35,39)(H,36,43)/t20-,22-,23-/m0/s1. The number of hydrogen-bond donors (Lipinski definition) is 4. The molecule has 1 aromatic heterocycles. The molecule has 5 amide bonds. The molecule has 3 heterocycles. The van der Waals surface area contributed by atoms with E-state index in [1.54, 1.807) is 19.1 Å². The van der Waals surface area contributed by atoms with Crippen molar-refractivity contribution < 1.29 is 33.1 Å². The van der Waals surface area contributed by atoms with Gasteiger partial charge >= 0.3 is 0 Å². The van der Waals surface area contributed by atoms with Crippen molar-refractivity contribution in [2.45, 2.75) is 57.7 Å². The Morgan fingerprint density at radius 1 is 1.04 bits per heavy atom.